The van der Waals surface area contributed by atoms with E-state index in [0.29, 0.717) is 21.8 Å². The molecule has 1 saturated heterocycles. The first-order valence-corrected chi connectivity index (χ1v) is 6.47. The summed E-state index contributed by atoms with van der Waals surface area (Å²) in [7, 11) is 0. The fourth-order valence-electron chi connectivity index (χ4n) is 2.11. The van der Waals surface area contributed by atoms with Crippen molar-refractivity contribution >= 4 is 23.2 Å². The van der Waals surface area contributed by atoms with E-state index < -0.39 is 0 Å². The first-order valence-electron chi connectivity index (χ1n) is 6.09. The fourth-order valence-corrected chi connectivity index (χ4v) is 2.27. The van der Waals surface area contributed by atoms with E-state index in [9.17, 15) is 4.79 Å². The zero-order valence-corrected chi connectivity index (χ0v) is 11.5. The van der Waals surface area contributed by atoms with Crippen LogP contribution in [0.4, 0.5) is 5.69 Å². The van der Waals surface area contributed by atoms with Gasteiger partial charge in [-0.3, -0.25) is 4.79 Å². The Bertz CT molecular complexity index is 463. The highest BCUT2D eigenvalue weighted by Crippen LogP contribution is 2.30. The van der Waals surface area contributed by atoms with Crippen molar-refractivity contribution in [1.29, 1.82) is 0 Å². The van der Waals surface area contributed by atoms with Crippen LogP contribution in [0.3, 0.4) is 0 Å². The number of nitrogen functional groups attached to an aromatic ring is 1. The smallest absolute Gasteiger partial charge is 0.256 e. The molecule has 5 heteroatoms. The molecule has 2 N–H and O–H groups in total. The van der Waals surface area contributed by atoms with Crippen LogP contribution in [0.2, 0.25) is 5.15 Å². The van der Waals surface area contributed by atoms with Gasteiger partial charge in [-0.1, -0.05) is 25.4 Å². The monoisotopic (exact) mass is 267 g/mol. The maximum atomic E-state index is 12.3. The Labute approximate surface area is 112 Å². The predicted octanol–water partition coefficient (Wildman–Crippen LogP) is 2.58. The van der Waals surface area contributed by atoms with Crippen LogP contribution in [0.1, 0.15) is 37.0 Å². The van der Waals surface area contributed by atoms with E-state index in [4.69, 9.17) is 17.3 Å². The molecule has 1 aromatic heterocycles. The molecule has 18 heavy (non-hydrogen) atoms. The summed E-state index contributed by atoms with van der Waals surface area (Å²) in [6, 6.07) is 1.54. The molecular weight excluding hydrogens is 250 g/mol. The van der Waals surface area contributed by atoms with E-state index >= 15 is 0 Å². The normalized spacial score (nSPS) is 18.7. The highest BCUT2D eigenvalue weighted by molar-refractivity contribution is 6.29. The Balaban J connectivity index is 2.15. The van der Waals surface area contributed by atoms with Gasteiger partial charge in [0, 0.05) is 13.1 Å². The van der Waals surface area contributed by atoms with Crippen molar-refractivity contribution in [3.63, 3.8) is 0 Å². The molecule has 1 aromatic rings. The van der Waals surface area contributed by atoms with Crippen LogP contribution in [0.15, 0.2) is 12.3 Å². The predicted molar refractivity (Wildman–Crippen MR) is 72.6 cm³/mol. The molecule has 0 saturated carbocycles. The second-order valence-corrected chi connectivity index (χ2v) is 5.94. The topological polar surface area (TPSA) is 59.2 Å². The molecule has 0 spiro atoms. The van der Waals surface area contributed by atoms with Gasteiger partial charge in [0.05, 0.1) is 17.4 Å². The Kier molecular flexibility index (Phi) is 3.48. The van der Waals surface area contributed by atoms with Crippen molar-refractivity contribution in [1.82, 2.24) is 9.88 Å². The maximum Gasteiger partial charge on any atom is 0.256 e. The summed E-state index contributed by atoms with van der Waals surface area (Å²) >= 11 is 5.81. The molecule has 1 aliphatic heterocycles. The number of rotatable bonds is 1. The number of hydrogen-bond donors (Lipinski definition) is 1. The van der Waals surface area contributed by atoms with Crippen LogP contribution in [-0.4, -0.2) is 28.9 Å². The average Bonchev–Trinajstić information content (AvgIpc) is 2.31. The van der Waals surface area contributed by atoms with Crippen LogP contribution in [0, 0.1) is 5.41 Å². The summed E-state index contributed by atoms with van der Waals surface area (Å²) in [5, 5.41) is 0.296. The highest BCUT2D eigenvalue weighted by Gasteiger charge is 2.29. The molecule has 98 valence electrons. The molecule has 4 nitrogen and oxygen atoms in total. The summed E-state index contributed by atoms with van der Waals surface area (Å²) in [5.74, 6) is -0.0488. The average molecular weight is 268 g/mol. The molecule has 1 aliphatic rings. The number of piperidine rings is 1. The molecule has 0 radical (unpaired) electrons. The van der Waals surface area contributed by atoms with Gasteiger partial charge in [-0.15, -0.1) is 0 Å². The lowest BCUT2D eigenvalue weighted by Gasteiger charge is -2.37. The Morgan fingerprint density at radius 3 is 2.67 bits per heavy atom. The summed E-state index contributed by atoms with van der Waals surface area (Å²) in [6.07, 6.45) is 3.46. The van der Waals surface area contributed by atoms with Crippen LogP contribution < -0.4 is 5.73 Å². The van der Waals surface area contributed by atoms with Gasteiger partial charge in [0.1, 0.15) is 5.15 Å². The lowest BCUT2D eigenvalue weighted by atomic mass is 9.82. The van der Waals surface area contributed by atoms with Crippen molar-refractivity contribution in [2.24, 2.45) is 5.41 Å². The number of amides is 1. The minimum Gasteiger partial charge on any atom is -0.397 e. The minimum atomic E-state index is -0.0488. The van der Waals surface area contributed by atoms with E-state index in [-0.39, 0.29) is 5.91 Å². The van der Waals surface area contributed by atoms with Gasteiger partial charge in [-0.2, -0.15) is 0 Å². The first kappa shape index (κ1) is 13.1. The number of nitrogens with zero attached hydrogens (tertiary/aromatic N) is 2. The Morgan fingerprint density at radius 2 is 2.06 bits per heavy atom. The van der Waals surface area contributed by atoms with E-state index in [2.05, 4.69) is 18.8 Å². The van der Waals surface area contributed by atoms with Gasteiger partial charge in [-0.25, -0.2) is 4.98 Å². The molecule has 0 aromatic carbocycles. The van der Waals surface area contributed by atoms with Crippen molar-refractivity contribution in [2.45, 2.75) is 26.7 Å². The van der Waals surface area contributed by atoms with E-state index in [0.717, 1.165) is 25.9 Å². The number of halogens is 1. The van der Waals surface area contributed by atoms with Crippen molar-refractivity contribution in [3.05, 3.63) is 23.0 Å². The van der Waals surface area contributed by atoms with Crippen LogP contribution >= 0.6 is 11.6 Å². The molecule has 0 atom stereocenters. The van der Waals surface area contributed by atoms with Gasteiger partial charge in [0.25, 0.3) is 5.91 Å². The zero-order chi connectivity index (χ0) is 13.3. The number of nitrogens with two attached hydrogens (primary N) is 1. The molecule has 0 unspecified atom stereocenters. The van der Waals surface area contributed by atoms with Gasteiger partial charge in [0.15, 0.2) is 0 Å². The number of likely N-dealkylation sites (tertiary alicyclic amines) is 1. The summed E-state index contributed by atoms with van der Waals surface area (Å²) in [5.41, 5.74) is 6.94. The lowest BCUT2D eigenvalue weighted by molar-refractivity contribution is 0.0631. The van der Waals surface area contributed by atoms with Crippen molar-refractivity contribution in [3.8, 4) is 0 Å². The van der Waals surface area contributed by atoms with Crippen molar-refractivity contribution in [2.75, 3.05) is 18.8 Å². The second-order valence-electron chi connectivity index (χ2n) is 5.55. The largest absolute Gasteiger partial charge is 0.397 e. The summed E-state index contributed by atoms with van der Waals surface area (Å²) < 4.78 is 0. The van der Waals surface area contributed by atoms with Crippen molar-refractivity contribution < 1.29 is 4.79 Å². The molecule has 1 fully saturated rings. The standard InChI is InChI=1S/C13H18ClN3O/c1-13(2)3-5-17(6-4-13)12(18)9-7-11(14)16-8-10(9)15/h7-8H,3-6,15H2,1-2H3. The molecule has 2 heterocycles. The van der Waals surface area contributed by atoms with E-state index in [1.54, 1.807) is 6.07 Å². The SMILES string of the molecule is CC1(C)CCN(C(=O)c2cc(Cl)ncc2N)CC1. The molecule has 0 bridgehead atoms. The minimum absolute atomic E-state index is 0.0488. The highest BCUT2D eigenvalue weighted by atomic mass is 35.5. The Morgan fingerprint density at radius 1 is 1.44 bits per heavy atom. The van der Waals surface area contributed by atoms with Gasteiger partial charge >= 0.3 is 0 Å². The van der Waals surface area contributed by atoms with Crippen LogP contribution in [0.5, 0.6) is 0 Å². The Hall–Kier alpha value is -1.29. The number of carbonyl (C=O) groups excluding carboxylic acids is 1. The molecular formula is C13H18ClN3O. The third-order valence-corrected chi connectivity index (χ3v) is 3.74. The number of carbonyl (C=O) groups is 1. The first-order chi connectivity index (χ1) is 8.39. The zero-order valence-electron chi connectivity index (χ0n) is 10.7. The van der Waals surface area contributed by atoms with Crippen LogP contribution in [0.25, 0.3) is 0 Å². The number of aromatic nitrogens is 1. The fraction of sp³-hybridized carbons (Fsp3) is 0.538. The second kappa shape index (κ2) is 4.76. The summed E-state index contributed by atoms with van der Waals surface area (Å²) in [6.45, 7) is 6.00. The van der Waals surface area contributed by atoms with Gasteiger partial charge in [-0.05, 0) is 24.3 Å². The quantitative estimate of drug-likeness (QED) is 0.796. The lowest BCUT2D eigenvalue weighted by Crippen LogP contribution is -2.41. The molecule has 0 aliphatic carbocycles. The third-order valence-electron chi connectivity index (χ3n) is 3.54. The summed E-state index contributed by atoms with van der Waals surface area (Å²) in [4.78, 5) is 18.0. The van der Waals surface area contributed by atoms with E-state index in [1.165, 1.54) is 6.20 Å². The van der Waals surface area contributed by atoms with Gasteiger partial charge in [0.2, 0.25) is 0 Å². The molecule has 1 amide bonds. The van der Waals surface area contributed by atoms with Crippen LogP contribution in [-0.2, 0) is 0 Å². The van der Waals surface area contributed by atoms with E-state index in [1.807, 2.05) is 4.90 Å². The number of hydrogen-bond acceptors (Lipinski definition) is 3. The maximum absolute atomic E-state index is 12.3. The third kappa shape index (κ3) is 2.75. The number of anilines is 1. The molecule has 2 rings (SSSR count). The van der Waals surface area contributed by atoms with Gasteiger partial charge < -0.3 is 10.6 Å². The number of pyridine rings is 1.